The second-order valence-electron chi connectivity index (χ2n) is 8.31. The molecule has 172 valence electrons. The number of carbonyl (C=O) groups excluding carboxylic acids is 1. The topological polar surface area (TPSA) is 45.7 Å². The van der Waals surface area contributed by atoms with Crippen LogP contribution in [0.1, 0.15) is 24.5 Å². The van der Waals surface area contributed by atoms with Crippen molar-refractivity contribution >= 4 is 39.7 Å². The summed E-state index contributed by atoms with van der Waals surface area (Å²) in [7, 11) is 0. The highest BCUT2D eigenvalue weighted by Gasteiger charge is 2.49. The van der Waals surface area contributed by atoms with Crippen LogP contribution in [-0.2, 0) is 16.4 Å². The third-order valence-corrected chi connectivity index (χ3v) is 7.32. The van der Waals surface area contributed by atoms with Gasteiger partial charge in [0.2, 0.25) is 5.91 Å². The van der Waals surface area contributed by atoms with Gasteiger partial charge >= 0.3 is 6.18 Å². The van der Waals surface area contributed by atoms with E-state index in [1.165, 1.54) is 23.5 Å². The molecule has 3 heterocycles. The quantitative estimate of drug-likeness (QED) is 0.432. The smallest absolute Gasteiger partial charge is 0.416 e. The number of rotatable bonds is 3. The zero-order chi connectivity index (χ0) is 23.4. The molecular formula is C23H19ClF3N3O2S. The lowest BCUT2D eigenvalue weighted by Gasteiger charge is -2.25. The van der Waals surface area contributed by atoms with Gasteiger partial charge in [0.15, 0.2) is 5.13 Å². The summed E-state index contributed by atoms with van der Waals surface area (Å²) >= 11 is 7.49. The van der Waals surface area contributed by atoms with E-state index in [0.29, 0.717) is 29.7 Å². The van der Waals surface area contributed by atoms with E-state index in [2.05, 4.69) is 9.88 Å². The zero-order valence-electron chi connectivity index (χ0n) is 17.5. The molecule has 10 heteroatoms. The summed E-state index contributed by atoms with van der Waals surface area (Å²) in [5.41, 5.74) is 0.828. The molecule has 0 saturated carbocycles. The maximum absolute atomic E-state index is 13.1. The first kappa shape index (κ1) is 22.0. The molecule has 0 N–H and O–H groups in total. The first-order valence-corrected chi connectivity index (χ1v) is 11.5. The van der Waals surface area contributed by atoms with E-state index in [1.807, 2.05) is 17.0 Å². The molecule has 1 fully saturated rings. The minimum atomic E-state index is -4.45. The number of likely N-dealkylation sites (tertiary alicyclic amines) is 1. The molecule has 1 unspecified atom stereocenters. The van der Waals surface area contributed by atoms with Crippen molar-refractivity contribution in [2.45, 2.75) is 24.9 Å². The highest BCUT2D eigenvalue weighted by atomic mass is 35.5. The number of hydrogen-bond acceptors (Lipinski definition) is 5. The van der Waals surface area contributed by atoms with Gasteiger partial charge in [-0.1, -0.05) is 29.0 Å². The molecule has 5 rings (SSSR count). The Morgan fingerprint density at radius 2 is 1.97 bits per heavy atom. The summed E-state index contributed by atoms with van der Waals surface area (Å²) in [6.45, 7) is 3.38. The number of thiazole rings is 1. The van der Waals surface area contributed by atoms with Crippen LogP contribution in [0.4, 0.5) is 24.0 Å². The van der Waals surface area contributed by atoms with Crippen molar-refractivity contribution in [3.8, 4) is 11.5 Å². The number of benzene rings is 2. The van der Waals surface area contributed by atoms with Gasteiger partial charge in [-0.25, -0.2) is 4.98 Å². The van der Waals surface area contributed by atoms with Crippen molar-refractivity contribution in [3.63, 3.8) is 0 Å². The van der Waals surface area contributed by atoms with Crippen LogP contribution in [0.2, 0.25) is 4.34 Å². The predicted octanol–water partition coefficient (Wildman–Crippen LogP) is 6.25. The standard InChI is InChI=1S/C23H19ClF3N3O2S/c1-14(31)29-8-7-22(12-29)13-30(21-28-11-20(24)33-21)19-6-5-17(10-18(19)22)32-16-4-2-3-15(9-16)23(25,26)27/h2-6,9-11H,7-8,12-13H2,1H3. The second-order valence-corrected chi connectivity index (χ2v) is 9.95. The van der Waals surface area contributed by atoms with Crippen molar-refractivity contribution in [2.24, 2.45) is 0 Å². The SMILES string of the molecule is CC(=O)N1CCC2(C1)CN(c1ncc(Cl)s1)c1ccc(Oc3cccc(C(F)(F)F)c3)cc12. The van der Waals surface area contributed by atoms with Crippen molar-refractivity contribution in [2.75, 3.05) is 24.5 Å². The van der Waals surface area contributed by atoms with Crippen LogP contribution in [0.15, 0.2) is 48.7 Å². The fraction of sp³-hybridized carbons (Fsp3) is 0.304. The first-order valence-electron chi connectivity index (χ1n) is 10.3. The molecule has 33 heavy (non-hydrogen) atoms. The fourth-order valence-corrected chi connectivity index (χ4v) is 5.53. The van der Waals surface area contributed by atoms with Gasteiger partial charge in [0.05, 0.1) is 11.8 Å². The largest absolute Gasteiger partial charge is 0.457 e. The van der Waals surface area contributed by atoms with Crippen molar-refractivity contribution in [3.05, 3.63) is 64.1 Å². The number of anilines is 2. The normalized spacial score (nSPS) is 19.9. The average Bonchev–Trinajstić information content (AvgIpc) is 3.46. The summed E-state index contributed by atoms with van der Waals surface area (Å²) in [4.78, 5) is 20.4. The van der Waals surface area contributed by atoms with Gasteiger partial charge in [0, 0.05) is 37.7 Å². The Balaban J connectivity index is 1.52. The van der Waals surface area contributed by atoms with Crippen molar-refractivity contribution in [1.82, 2.24) is 9.88 Å². The van der Waals surface area contributed by atoms with E-state index < -0.39 is 11.7 Å². The Morgan fingerprint density at radius 1 is 1.18 bits per heavy atom. The van der Waals surface area contributed by atoms with Crippen LogP contribution < -0.4 is 9.64 Å². The molecule has 2 aliphatic heterocycles. The summed E-state index contributed by atoms with van der Waals surface area (Å²) in [6, 6.07) is 10.3. The Morgan fingerprint density at radius 3 is 2.64 bits per heavy atom. The van der Waals surface area contributed by atoms with E-state index >= 15 is 0 Å². The van der Waals surface area contributed by atoms with Crippen molar-refractivity contribution < 1.29 is 22.7 Å². The molecule has 1 saturated heterocycles. The van der Waals surface area contributed by atoms with Gasteiger partial charge in [0.25, 0.3) is 0 Å². The van der Waals surface area contributed by atoms with E-state index in [0.717, 1.165) is 34.9 Å². The number of fused-ring (bicyclic) bond motifs is 2. The summed E-state index contributed by atoms with van der Waals surface area (Å²) in [5.74, 6) is 0.561. The molecule has 1 spiro atoms. The lowest BCUT2D eigenvalue weighted by Crippen LogP contribution is -2.36. The molecule has 2 aliphatic rings. The van der Waals surface area contributed by atoms with E-state index in [1.54, 1.807) is 19.2 Å². The maximum Gasteiger partial charge on any atom is 0.416 e. The lowest BCUT2D eigenvalue weighted by molar-refractivity contribution is -0.137. The maximum atomic E-state index is 13.1. The van der Waals surface area contributed by atoms with Gasteiger partial charge in [-0.2, -0.15) is 13.2 Å². The minimum Gasteiger partial charge on any atom is -0.457 e. The predicted molar refractivity (Wildman–Crippen MR) is 121 cm³/mol. The number of amides is 1. The Hall–Kier alpha value is -2.78. The third kappa shape index (κ3) is 4.04. The summed E-state index contributed by atoms with van der Waals surface area (Å²) in [5, 5.41) is 0.756. The van der Waals surface area contributed by atoms with Gasteiger partial charge in [0.1, 0.15) is 15.8 Å². The number of hydrogen-bond donors (Lipinski definition) is 0. The van der Waals surface area contributed by atoms with Gasteiger partial charge in [-0.05, 0) is 48.4 Å². The molecule has 2 aromatic carbocycles. The number of nitrogens with zero attached hydrogens (tertiary/aromatic N) is 3. The molecule has 1 atom stereocenters. The van der Waals surface area contributed by atoms with Crippen molar-refractivity contribution in [1.29, 1.82) is 0 Å². The minimum absolute atomic E-state index is 0.0144. The number of ether oxygens (including phenoxy) is 1. The molecule has 3 aromatic rings. The van der Waals surface area contributed by atoms with Gasteiger partial charge in [-0.15, -0.1) is 0 Å². The van der Waals surface area contributed by atoms with E-state index in [9.17, 15) is 18.0 Å². The Kier molecular flexibility index (Phi) is 5.29. The number of alkyl halides is 3. The number of carbonyl (C=O) groups is 1. The number of aromatic nitrogens is 1. The third-order valence-electron chi connectivity index (χ3n) is 6.18. The summed E-state index contributed by atoms with van der Waals surface area (Å²) < 4.78 is 45.7. The average molecular weight is 494 g/mol. The van der Waals surface area contributed by atoms with E-state index in [4.69, 9.17) is 16.3 Å². The number of halogens is 4. The van der Waals surface area contributed by atoms with Gasteiger partial charge in [-0.3, -0.25) is 4.79 Å². The monoisotopic (exact) mass is 493 g/mol. The van der Waals surface area contributed by atoms with Crippen LogP contribution in [0.25, 0.3) is 0 Å². The molecule has 1 amide bonds. The first-order chi connectivity index (χ1) is 15.6. The van der Waals surface area contributed by atoms with E-state index in [-0.39, 0.29) is 17.1 Å². The molecule has 1 aromatic heterocycles. The van der Waals surface area contributed by atoms with Gasteiger partial charge < -0.3 is 14.5 Å². The molecule has 0 radical (unpaired) electrons. The zero-order valence-corrected chi connectivity index (χ0v) is 19.1. The fourth-order valence-electron chi connectivity index (χ4n) is 4.62. The molecule has 0 aliphatic carbocycles. The highest BCUT2D eigenvalue weighted by Crippen LogP contribution is 2.51. The second kappa shape index (κ2) is 7.92. The Bertz CT molecular complexity index is 1230. The highest BCUT2D eigenvalue weighted by molar-refractivity contribution is 7.19. The summed E-state index contributed by atoms with van der Waals surface area (Å²) in [6.07, 6.45) is -2.08. The van der Waals surface area contributed by atoms with Crippen LogP contribution in [0, 0.1) is 0 Å². The van der Waals surface area contributed by atoms with Crippen LogP contribution in [0.5, 0.6) is 11.5 Å². The van der Waals surface area contributed by atoms with Crippen LogP contribution in [-0.4, -0.2) is 35.4 Å². The van der Waals surface area contributed by atoms with Crippen LogP contribution in [0.3, 0.4) is 0 Å². The molecule has 5 nitrogen and oxygen atoms in total. The lowest BCUT2D eigenvalue weighted by atomic mass is 9.81. The molecule has 0 bridgehead atoms. The van der Waals surface area contributed by atoms with Crippen LogP contribution >= 0.6 is 22.9 Å². The molecular weight excluding hydrogens is 475 g/mol. The Labute approximate surface area is 197 Å².